The molecular formula is C17H23NO3. The summed E-state index contributed by atoms with van der Waals surface area (Å²) in [5.41, 5.74) is 0.579. The lowest BCUT2D eigenvalue weighted by Crippen LogP contribution is -2.41. The summed E-state index contributed by atoms with van der Waals surface area (Å²) in [6, 6.07) is 7.69. The Morgan fingerprint density at radius 1 is 1.29 bits per heavy atom. The first kappa shape index (κ1) is 15.4. The number of methoxy groups -OCH3 is 1. The van der Waals surface area contributed by atoms with Crippen LogP contribution in [0.4, 0.5) is 4.79 Å². The van der Waals surface area contributed by atoms with Crippen LogP contribution >= 0.6 is 0 Å². The highest BCUT2D eigenvalue weighted by Gasteiger charge is 2.44. The van der Waals surface area contributed by atoms with Crippen LogP contribution in [-0.2, 0) is 4.74 Å². The van der Waals surface area contributed by atoms with Crippen molar-refractivity contribution in [2.24, 2.45) is 0 Å². The molecule has 4 heteroatoms. The molecule has 0 aliphatic carbocycles. The fraction of sp³-hybridized carbons (Fsp3) is 0.471. The van der Waals surface area contributed by atoms with Crippen LogP contribution in [0.1, 0.15) is 39.2 Å². The van der Waals surface area contributed by atoms with Gasteiger partial charge < -0.3 is 9.47 Å². The van der Waals surface area contributed by atoms with Crippen molar-refractivity contribution in [2.75, 3.05) is 13.7 Å². The summed E-state index contributed by atoms with van der Waals surface area (Å²) in [6.07, 6.45) is 3.70. The molecule has 0 saturated carbocycles. The number of ether oxygens (including phenoxy) is 2. The van der Waals surface area contributed by atoms with E-state index in [1.807, 2.05) is 44.2 Å². The second-order valence-corrected chi connectivity index (χ2v) is 5.71. The van der Waals surface area contributed by atoms with E-state index in [4.69, 9.17) is 9.47 Å². The number of amides is 1. The van der Waals surface area contributed by atoms with Gasteiger partial charge in [0.2, 0.25) is 0 Å². The van der Waals surface area contributed by atoms with Gasteiger partial charge in [-0.25, -0.2) is 4.79 Å². The Morgan fingerprint density at radius 3 is 2.52 bits per heavy atom. The minimum atomic E-state index is -0.411. The van der Waals surface area contributed by atoms with Crippen molar-refractivity contribution in [1.82, 2.24) is 4.90 Å². The number of hydrogen-bond acceptors (Lipinski definition) is 3. The topological polar surface area (TPSA) is 38.8 Å². The molecule has 2 rings (SSSR count). The average Bonchev–Trinajstić information content (AvgIpc) is 2.67. The molecule has 1 aromatic carbocycles. The number of rotatable bonds is 5. The van der Waals surface area contributed by atoms with Crippen molar-refractivity contribution in [1.29, 1.82) is 0 Å². The van der Waals surface area contributed by atoms with Gasteiger partial charge in [-0.3, -0.25) is 4.90 Å². The third kappa shape index (κ3) is 3.20. The molecule has 0 spiro atoms. The van der Waals surface area contributed by atoms with Crippen LogP contribution in [0.2, 0.25) is 0 Å². The maximum absolute atomic E-state index is 12.0. The zero-order valence-electron chi connectivity index (χ0n) is 13.2. The zero-order chi connectivity index (χ0) is 15.5. The lowest BCUT2D eigenvalue weighted by molar-refractivity contribution is 0.156. The minimum Gasteiger partial charge on any atom is -0.497 e. The van der Waals surface area contributed by atoms with Crippen molar-refractivity contribution < 1.29 is 14.3 Å². The number of hydrogen-bond donors (Lipinski definition) is 0. The molecule has 1 aliphatic heterocycles. The van der Waals surface area contributed by atoms with E-state index in [-0.39, 0.29) is 6.09 Å². The van der Waals surface area contributed by atoms with Crippen LogP contribution in [-0.4, -0.2) is 30.2 Å². The predicted molar refractivity (Wildman–Crippen MR) is 83.1 cm³/mol. The van der Waals surface area contributed by atoms with E-state index in [0.717, 1.165) is 30.7 Å². The molecule has 0 radical (unpaired) electrons. The Hall–Kier alpha value is -1.97. The predicted octanol–water partition coefficient (Wildman–Crippen LogP) is 4.07. The Labute approximate surface area is 126 Å². The standard InChI is InChI=1S/C17H23NO3/c1-5-6-11-18-16(19)21-15(17(18,2)3)12-13-7-9-14(20-4)10-8-13/h7-10,12H,5-6,11H2,1-4H3/b15-12-. The summed E-state index contributed by atoms with van der Waals surface area (Å²) < 4.78 is 10.6. The number of nitrogens with zero attached hydrogens (tertiary/aromatic N) is 1. The highest BCUT2D eigenvalue weighted by Crippen LogP contribution is 2.35. The maximum atomic E-state index is 12.0. The largest absolute Gasteiger partial charge is 0.497 e. The molecule has 1 saturated heterocycles. The molecule has 0 aromatic heterocycles. The van der Waals surface area contributed by atoms with Gasteiger partial charge in [-0.05, 0) is 44.0 Å². The van der Waals surface area contributed by atoms with Crippen molar-refractivity contribution >= 4 is 12.2 Å². The SMILES string of the molecule is CCCCN1C(=O)O/C(=C\c2ccc(OC)cc2)C1(C)C. The van der Waals surface area contributed by atoms with E-state index in [2.05, 4.69) is 6.92 Å². The summed E-state index contributed by atoms with van der Waals surface area (Å²) >= 11 is 0. The van der Waals surface area contributed by atoms with E-state index >= 15 is 0 Å². The van der Waals surface area contributed by atoms with E-state index in [1.54, 1.807) is 12.0 Å². The summed E-state index contributed by atoms with van der Waals surface area (Å²) in [7, 11) is 1.64. The van der Waals surface area contributed by atoms with Gasteiger partial charge >= 0.3 is 6.09 Å². The number of carbonyl (C=O) groups excluding carboxylic acids is 1. The van der Waals surface area contributed by atoms with E-state index in [1.165, 1.54) is 0 Å². The summed E-state index contributed by atoms with van der Waals surface area (Å²) in [6.45, 7) is 6.87. The van der Waals surface area contributed by atoms with E-state index < -0.39 is 5.54 Å². The van der Waals surface area contributed by atoms with Gasteiger partial charge in [0.25, 0.3) is 0 Å². The second kappa shape index (κ2) is 6.20. The van der Waals surface area contributed by atoms with Crippen LogP contribution in [0.15, 0.2) is 30.0 Å². The number of benzene rings is 1. The minimum absolute atomic E-state index is 0.256. The Kier molecular flexibility index (Phi) is 4.56. The smallest absolute Gasteiger partial charge is 0.415 e. The van der Waals surface area contributed by atoms with Crippen molar-refractivity contribution in [2.45, 2.75) is 39.2 Å². The normalized spacial score (nSPS) is 19.0. The third-order valence-electron chi connectivity index (χ3n) is 3.84. The Balaban J connectivity index is 2.22. The molecule has 0 unspecified atom stereocenters. The van der Waals surface area contributed by atoms with Crippen LogP contribution < -0.4 is 4.74 Å². The van der Waals surface area contributed by atoms with Crippen molar-refractivity contribution in [3.05, 3.63) is 35.6 Å². The van der Waals surface area contributed by atoms with Gasteiger partial charge in [-0.2, -0.15) is 0 Å². The summed E-state index contributed by atoms with van der Waals surface area (Å²) in [5.74, 6) is 1.50. The highest BCUT2D eigenvalue weighted by molar-refractivity contribution is 5.76. The number of unbranched alkanes of at least 4 members (excludes halogenated alkanes) is 1. The fourth-order valence-electron chi connectivity index (χ4n) is 2.38. The molecule has 1 fully saturated rings. The first-order valence-electron chi connectivity index (χ1n) is 7.34. The fourth-order valence-corrected chi connectivity index (χ4v) is 2.38. The van der Waals surface area contributed by atoms with Crippen LogP contribution in [0, 0.1) is 0 Å². The Bertz CT molecular complexity index is 531. The molecular weight excluding hydrogens is 266 g/mol. The zero-order valence-corrected chi connectivity index (χ0v) is 13.2. The van der Waals surface area contributed by atoms with Crippen molar-refractivity contribution in [3.63, 3.8) is 0 Å². The van der Waals surface area contributed by atoms with Gasteiger partial charge in [-0.1, -0.05) is 25.5 Å². The van der Waals surface area contributed by atoms with E-state index in [9.17, 15) is 4.79 Å². The summed E-state index contributed by atoms with van der Waals surface area (Å²) in [5, 5.41) is 0. The number of carbonyl (C=O) groups is 1. The molecule has 1 aromatic rings. The van der Waals surface area contributed by atoms with Crippen LogP contribution in [0.25, 0.3) is 6.08 Å². The Morgan fingerprint density at radius 2 is 1.95 bits per heavy atom. The van der Waals surface area contributed by atoms with Crippen LogP contribution in [0.5, 0.6) is 5.75 Å². The molecule has 0 N–H and O–H groups in total. The second-order valence-electron chi connectivity index (χ2n) is 5.71. The molecule has 21 heavy (non-hydrogen) atoms. The average molecular weight is 289 g/mol. The molecule has 1 aliphatic rings. The van der Waals surface area contributed by atoms with Gasteiger partial charge in [0.15, 0.2) is 0 Å². The first-order chi connectivity index (χ1) is 9.98. The lowest BCUT2D eigenvalue weighted by atomic mass is 9.99. The third-order valence-corrected chi connectivity index (χ3v) is 3.84. The molecule has 0 bridgehead atoms. The van der Waals surface area contributed by atoms with E-state index in [0.29, 0.717) is 5.76 Å². The quantitative estimate of drug-likeness (QED) is 0.820. The van der Waals surface area contributed by atoms with Gasteiger partial charge in [0.1, 0.15) is 11.5 Å². The number of cyclic esters (lactones) is 1. The molecule has 4 nitrogen and oxygen atoms in total. The maximum Gasteiger partial charge on any atom is 0.415 e. The highest BCUT2D eigenvalue weighted by atomic mass is 16.6. The van der Waals surface area contributed by atoms with Crippen LogP contribution in [0.3, 0.4) is 0 Å². The van der Waals surface area contributed by atoms with Gasteiger partial charge in [0, 0.05) is 6.54 Å². The van der Waals surface area contributed by atoms with Gasteiger partial charge in [0.05, 0.1) is 12.6 Å². The molecule has 0 atom stereocenters. The summed E-state index contributed by atoms with van der Waals surface area (Å²) in [4.78, 5) is 13.8. The van der Waals surface area contributed by atoms with Gasteiger partial charge in [-0.15, -0.1) is 0 Å². The molecule has 1 amide bonds. The molecule has 1 heterocycles. The first-order valence-corrected chi connectivity index (χ1v) is 7.34. The lowest BCUT2D eigenvalue weighted by Gasteiger charge is -2.28. The monoisotopic (exact) mass is 289 g/mol. The molecule has 114 valence electrons. The van der Waals surface area contributed by atoms with Crippen molar-refractivity contribution in [3.8, 4) is 5.75 Å².